The highest BCUT2D eigenvalue weighted by Gasteiger charge is 2.42. The molecule has 1 amide bonds. The maximum atomic E-state index is 13.3. The van der Waals surface area contributed by atoms with Crippen LogP contribution in [0.25, 0.3) is 11.0 Å². The largest absolute Gasteiger partial charge is 0.493 e. The molecule has 1 aliphatic heterocycles. The first-order valence-corrected chi connectivity index (χ1v) is 9.18. The molecule has 2 heterocycles. The van der Waals surface area contributed by atoms with E-state index in [4.69, 9.17) is 18.6 Å². The van der Waals surface area contributed by atoms with Gasteiger partial charge in [-0.25, -0.2) is 0 Å². The SMILES string of the molecule is COCCN1C(=O)c2oc3ccccc3c(=O)c2[C@@H]1c1ccc(OC)c(OC)c1. The van der Waals surface area contributed by atoms with Crippen LogP contribution in [-0.2, 0) is 4.74 Å². The van der Waals surface area contributed by atoms with E-state index in [-0.39, 0.29) is 17.1 Å². The van der Waals surface area contributed by atoms with E-state index in [0.29, 0.717) is 41.2 Å². The molecule has 0 radical (unpaired) electrons. The number of hydrogen-bond acceptors (Lipinski definition) is 6. The molecular formula is C22H21NO6. The zero-order valence-corrected chi connectivity index (χ0v) is 16.4. The summed E-state index contributed by atoms with van der Waals surface area (Å²) in [7, 11) is 4.66. The number of benzene rings is 2. The molecule has 0 saturated carbocycles. The molecule has 0 N–H and O–H groups in total. The van der Waals surface area contributed by atoms with E-state index in [9.17, 15) is 9.59 Å². The molecule has 4 rings (SSSR count). The summed E-state index contributed by atoms with van der Waals surface area (Å²) in [5.74, 6) is 0.821. The van der Waals surface area contributed by atoms with Crippen LogP contribution >= 0.6 is 0 Å². The third-order valence-electron chi connectivity index (χ3n) is 5.13. The summed E-state index contributed by atoms with van der Waals surface area (Å²) in [5.41, 5.74) is 1.24. The number of rotatable bonds is 6. The highest BCUT2D eigenvalue weighted by atomic mass is 16.5. The van der Waals surface area contributed by atoms with Crippen LogP contribution in [-0.4, -0.2) is 45.3 Å². The maximum Gasteiger partial charge on any atom is 0.290 e. The molecule has 0 bridgehead atoms. The van der Waals surface area contributed by atoms with Gasteiger partial charge in [0.2, 0.25) is 5.76 Å². The Hall–Kier alpha value is -3.32. The first kappa shape index (κ1) is 19.0. The quantitative estimate of drug-likeness (QED) is 0.639. The Labute approximate surface area is 167 Å². The highest BCUT2D eigenvalue weighted by molar-refractivity contribution is 5.99. The summed E-state index contributed by atoms with van der Waals surface area (Å²) in [6.45, 7) is 0.644. The zero-order chi connectivity index (χ0) is 20.5. The number of carbonyl (C=O) groups is 1. The summed E-state index contributed by atoms with van der Waals surface area (Å²) in [5, 5.41) is 0.443. The molecule has 3 aromatic rings. The van der Waals surface area contributed by atoms with Crippen molar-refractivity contribution >= 4 is 16.9 Å². The third kappa shape index (κ3) is 3.03. The average molecular weight is 395 g/mol. The molecule has 2 aromatic carbocycles. The summed E-state index contributed by atoms with van der Waals surface area (Å²) in [6.07, 6.45) is 0. The first-order chi connectivity index (χ1) is 14.1. The van der Waals surface area contributed by atoms with E-state index >= 15 is 0 Å². The second-order valence-electron chi connectivity index (χ2n) is 6.68. The Morgan fingerprint density at radius 2 is 1.76 bits per heavy atom. The van der Waals surface area contributed by atoms with Crippen molar-refractivity contribution in [2.75, 3.05) is 34.5 Å². The maximum absolute atomic E-state index is 13.3. The molecule has 7 nitrogen and oxygen atoms in total. The van der Waals surface area contributed by atoms with Gasteiger partial charge >= 0.3 is 0 Å². The molecule has 7 heteroatoms. The normalized spacial score (nSPS) is 15.6. The van der Waals surface area contributed by atoms with Crippen molar-refractivity contribution in [3.8, 4) is 11.5 Å². The lowest BCUT2D eigenvalue weighted by molar-refractivity contribution is 0.0663. The van der Waals surface area contributed by atoms with E-state index in [2.05, 4.69) is 0 Å². The fourth-order valence-electron chi connectivity index (χ4n) is 3.76. The lowest BCUT2D eigenvalue weighted by atomic mass is 9.98. The predicted octanol–water partition coefficient (Wildman–Crippen LogP) is 3.00. The number of carbonyl (C=O) groups excluding carboxylic acids is 1. The van der Waals surface area contributed by atoms with Gasteiger partial charge in [0, 0.05) is 13.7 Å². The van der Waals surface area contributed by atoms with Gasteiger partial charge in [-0.3, -0.25) is 9.59 Å². The van der Waals surface area contributed by atoms with Crippen molar-refractivity contribution < 1.29 is 23.4 Å². The van der Waals surface area contributed by atoms with Crippen LogP contribution in [0, 0.1) is 0 Å². The predicted molar refractivity (Wildman–Crippen MR) is 107 cm³/mol. The van der Waals surface area contributed by atoms with Crippen molar-refractivity contribution in [2.45, 2.75) is 6.04 Å². The summed E-state index contributed by atoms with van der Waals surface area (Å²) < 4.78 is 21.8. The minimum absolute atomic E-state index is 0.0737. The second kappa shape index (κ2) is 7.60. The first-order valence-electron chi connectivity index (χ1n) is 9.18. The van der Waals surface area contributed by atoms with Gasteiger partial charge in [0.15, 0.2) is 16.9 Å². The zero-order valence-electron chi connectivity index (χ0n) is 16.4. The molecule has 0 fully saturated rings. The Balaban J connectivity index is 1.95. The molecule has 1 atom stereocenters. The average Bonchev–Trinajstić information content (AvgIpc) is 3.03. The molecule has 29 heavy (non-hydrogen) atoms. The minimum atomic E-state index is -0.603. The smallest absolute Gasteiger partial charge is 0.290 e. The standard InChI is InChI=1S/C22H21NO6/c1-26-11-10-23-19(13-8-9-16(27-2)17(12-13)28-3)18-20(24)14-6-4-5-7-15(14)29-21(18)22(23)25/h4-9,12,19H,10-11H2,1-3H3/t19-/m0/s1. The lowest BCUT2D eigenvalue weighted by Gasteiger charge is -2.25. The number of para-hydroxylation sites is 1. The number of fused-ring (bicyclic) bond motifs is 2. The Morgan fingerprint density at radius 3 is 2.48 bits per heavy atom. The van der Waals surface area contributed by atoms with Gasteiger partial charge in [-0.15, -0.1) is 0 Å². The molecule has 1 aliphatic rings. The lowest BCUT2D eigenvalue weighted by Crippen LogP contribution is -2.32. The number of methoxy groups -OCH3 is 3. The molecule has 1 aromatic heterocycles. The van der Waals surface area contributed by atoms with Gasteiger partial charge in [-0.2, -0.15) is 0 Å². The highest BCUT2D eigenvalue weighted by Crippen LogP contribution is 2.40. The van der Waals surface area contributed by atoms with Crippen LogP contribution in [0.2, 0.25) is 0 Å². The summed E-state index contributed by atoms with van der Waals surface area (Å²) in [4.78, 5) is 28.1. The summed E-state index contributed by atoms with van der Waals surface area (Å²) >= 11 is 0. The van der Waals surface area contributed by atoms with E-state index < -0.39 is 6.04 Å². The molecule has 0 saturated heterocycles. The number of amides is 1. The molecule has 0 unspecified atom stereocenters. The van der Waals surface area contributed by atoms with Crippen molar-refractivity contribution in [3.05, 3.63) is 69.6 Å². The van der Waals surface area contributed by atoms with Crippen LogP contribution in [0.1, 0.15) is 27.7 Å². The van der Waals surface area contributed by atoms with Crippen LogP contribution < -0.4 is 14.9 Å². The minimum Gasteiger partial charge on any atom is -0.493 e. The molecular weight excluding hydrogens is 374 g/mol. The number of ether oxygens (including phenoxy) is 3. The monoisotopic (exact) mass is 395 g/mol. The molecule has 0 spiro atoms. The van der Waals surface area contributed by atoms with Crippen LogP contribution in [0.3, 0.4) is 0 Å². The van der Waals surface area contributed by atoms with Crippen molar-refractivity contribution in [2.24, 2.45) is 0 Å². The Kier molecular flexibility index (Phi) is 4.98. The van der Waals surface area contributed by atoms with E-state index in [1.54, 1.807) is 62.6 Å². The van der Waals surface area contributed by atoms with E-state index in [1.807, 2.05) is 6.07 Å². The van der Waals surface area contributed by atoms with Crippen molar-refractivity contribution in [1.29, 1.82) is 0 Å². The van der Waals surface area contributed by atoms with Gasteiger partial charge in [0.1, 0.15) is 5.58 Å². The van der Waals surface area contributed by atoms with Crippen molar-refractivity contribution in [1.82, 2.24) is 4.90 Å². The Bertz CT molecular complexity index is 1140. The van der Waals surface area contributed by atoms with Crippen LogP contribution in [0.4, 0.5) is 0 Å². The van der Waals surface area contributed by atoms with Gasteiger partial charge < -0.3 is 23.5 Å². The number of nitrogens with zero attached hydrogens (tertiary/aromatic N) is 1. The topological polar surface area (TPSA) is 78.2 Å². The molecule has 0 aliphatic carbocycles. The summed E-state index contributed by atoms with van der Waals surface area (Å²) in [6, 6.07) is 11.7. The fourth-order valence-corrected chi connectivity index (χ4v) is 3.76. The van der Waals surface area contributed by atoms with Crippen LogP contribution in [0.5, 0.6) is 11.5 Å². The van der Waals surface area contributed by atoms with Crippen molar-refractivity contribution in [3.63, 3.8) is 0 Å². The Morgan fingerprint density at radius 1 is 1.00 bits per heavy atom. The molecule has 150 valence electrons. The van der Waals surface area contributed by atoms with Gasteiger partial charge in [-0.1, -0.05) is 18.2 Å². The fraction of sp³-hybridized carbons (Fsp3) is 0.273. The van der Waals surface area contributed by atoms with Gasteiger partial charge in [-0.05, 0) is 29.8 Å². The number of hydrogen-bond donors (Lipinski definition) is 0. The third-order valence-corrected chi connectivity index (χ3v) is 5.13. The second-order valence-corrected chi connectivity index (χ2v) is 6.68. The van der Waals surface area contributed by atoms with Gasteiger partial charge in [0.05, 0.1) is 37.8 Å². The van der Waals surface area contributed by atoms with E-state index in [0.717, 1.165) is 5.56 Å². The van der Waals surface area contributed by atoms with Gasteiger partial charge in [0.25, 0.3) is 5.91 Å². The van der Waals surface area contributed by atoms with E-state index in [1.165, 1.54) is 0 Å². The van der Waals surface area contributed by atoms with Crippen LogP contribution in [0.15, 0.2) is 51.7 Å².